The number of phenols is 1. The molecular formula is C20H20FN5O2. The van der Waals surface area contributed by atoms with Crippen molar-refractivity contribution in [3.05, 3.63) is 36.8 Å². The molecule has 1 aromatic carbocycles. The van der Waals surface area contributed by atoms with Crippen LogP contribution in [0, 0.1) is 0 Å². The molecule has 8 heteroatoms. The van der Waals surface area contributed by atoms with Crippen LogP contribution in [0.2, 0.25) is 0 Å². The first-order chi connectivity index (χ1) is 13.5. The van der Waals surface area contributed by atoms with E-state index in [2.05, 4.69) is 25.5 Å². The average Bonchev–Trinajstić information content (AvgIpc) is 3.04. The Hall–Kier alpha value is -2.87. The fourth-order valence-corrected chi connectivity index (χ4v) is 4.30. The zero-order chi connectivity index (χ0) is 19.3. The molecule has 0 saturated carbocycles. The van der Waals surface area contributed by atoms with Gasteiger partial charge in [-0.1, -0.05) is 5.10 Å². The second kappa shape index (κ2) is 6.34. The zero-order valence-corrected chi connectivity index (χ0v) is 15.3. The van der Waals surface area contributed by atoms with Crippen molar-refractivity contribution in [2.45, 2.75) is 50.0 Å². The minimum absolute atomic E-state index is 0.0470. The first kappa shape index (κ1) is 17.2. The molecule has 144 valence electrons. The van der Waals surface area contributed by atoms with Crippen LogP contribution in [0.25, 0.3) is 22.0 Å². The SMILES string of the molecule is C[C@@]12CCC(C[C@H](Oc3ncc(-c4cc5ccncc5cc4O)nn3)[C@H]1F)N2. The minimum Gasteiger partial charge on any atom is -0.507 e. The molecule has 2 aliphatic rings. The highest BCUT2D eigenvalue weighted by Crippen LogP contribution is 2.39. The number of pyridine rings is 1. The van der Waals surface area contributed by atoms with E-state index in [-0.39, 0.29) is 17.8 Å². The number of benzene rings is 1. The lowest BCUT2D eigenvalue weighted by Crippen LogP contribution is -2.59. The van der Waals surface area contributed by atoms with Gasteiger partial charge in [-0.15, -0.1) is 5.10 Å². The molecule has 28 heavy (non-hydrogen) atoms. The molecule has 5 rings (SSSR count). The van der Waals surface area contributed by atoms with Crippen molar-refractivity contribution in [1.82, 2.24) is 25.5 Å². The van der Waals surface area contributed by atoms with Gasteiger partial charge >= 0.3 is 6.01 Å². The number of aromatic nitrogens is 4. The number of ether oxygens (including phenoxy) is 1. The number of rotatable bonds is 3. The number of aromatic hydroxyl groups is 1. The van der Waals surface area contributed by atoms with E-state index in [0.29, 0.717) is 17.7 Å². The van der Waals surface area contributed by atoms with E-state index in [1.54, 1.807) is 18.5 Å². The summed E-state index contributed by atoms with van der Waals surface area (Å²) in [5.41, 5.74) is 0.380. The summed E-state index contributed by atoms with van der Waals surface area (Å²) in [4.78, 5) is 8.24. The average molecular weight is 381 g/mol. The summed E-state index contributed by atoms with van der Waals surface area (Å²) in [6.45, 7) is 1.90. The predicted octanol–water partition coefficient (Wildman–Crippen LogP) is 2.79. The Morgan fingerprint density at radius 2 is 2.14 bits per heavy atom. The van der Waals surface area contributed by atoms with E-state index >= 15 is 0 Å². The Kier molecular flexibility index (Phi) is 3.90. The Bertz CT molecular complexity index is 1030. The second-order valence-corrected chi connectivity index (χ2v) is 7.81. The Labute approximate surface area is 161 Å². The van der Waals surface area contributed by atoms with E-state index in [0.717, 1.165) is 23.6 Å². The molecular weight excluding hydrogens is 361 g/mol. The number of hydrogen-bond donors (Lipinski definition) is 2. The summed E-state index contributed by atoms with van der Waals surface area (Å²) >= 11 is 0. The third-order valence-electron chi connectivity index (χ3n) is 5.83. The van der Waals surface area contributed by atoms with Gasteiger partial charge < -0.3 is 15.2 Å². The van der Waals surface area contributed by atoms with E-state index in [1.807, 2.05) is 19.1 Å². The molecule has 0 aliphatic carbocycles. The van der Waals surface area contributed by atoms with Crippen molar-refractivity contribution in [2.24, 2.45) is 0 Å². The molecule has 4 heterocycles. The maximum atomic E-state index is 14.9. The maximum absolute atomic E-state index is 14.9. The molecule has 2 bridgehead atoms. The first-order valence-corrected chi connectivity index (χ1v) is 9.37. The normalized spacial score (nSPS) is 29.1. The van der Waals surface area contributed by atoms with Gasteiger partial charge in [-0.2, -0.15) is 0 Å². The lowest BCUT2D eigenvalue weighted by Gasteiger charge is -2.39. The number of piperidine rings is 1. The largest absolute Gasteiger partial charge is 0.507 e. The number of phenolic OH excluding ortho intramolecular Hbond substituents is 1. The second-order valence-electron chi connectivity index (χ2n) is 7.81. The van der Waals surface area contributed by atoms with Crippen LogP contribution in [-0.4, -0.2) is 49.1 Å². The third kappa shape index (κ3) is 2.84. The van der Waals surface area contributed by atoms with Crippen molar-refractivity contribution in [3.8, 4) is 23.0 Å². The van der Waals surface area contributed by atoms with Gasteiger partial charge in [0.15, 0.2) is 6.17 Å². The summed E-state index contributed by atoms with van der Waals surface area (Å²) < 4.78 is 20.6. The molecule has 0 radical (unpaired) electrons. The van der Waals surface area contributed by atoms with Crippen molar-refractivity contribution in [3.63, 3.8) is 0 Å². The van der Waals surface area contributed by atoms with Crippen LogP contribution in [0.5, 0.6) is 11.8 Å². The van der Waals surface area contributed by atoms with Crippen molar-refractivity contribution in [2.75, 3.05) is 0 Å². The molecule has 7 nitrogen and oxygen atoms in total. The Balaban J connectivity index is 1.38. The van der Waals surface area contributed by atoms with E-state index < -0.39 is 17.8 Å². The molecule has 4 atom stereocenters. The van der Waals surface area contributed by atoms with Crippen LogP contribution in [0.4, 0.5) is 4.39 Å². The Morgan fingerprint density at radius 1 is 1.25 bits per heavy atom. The van der Waals surface area contributed by atoms with Gasteiger partial charge in [0.05, 0.1) is 11.7 Å². The predicted molar refractivity (Wildman–Crippen MR) is 101 cm³/mol. The summed E-state index contributed by atoms with van der Waals surface area (Å²) in [5.74, 6) is 0.0666. The van der Waals surface area contributed by atoms with E-state index in [9.17, 15) is 9.50 Å². The van der Waals surface area contributed by atoms with Crippen LogP contribution in [-0.2, 0) is 0 Å². The number of alkyl halides is 1. The molecule has 0 spiro atoms. The summed E-state index contributed by atoms with van der Waals surface area (Å²) in [5, 5.41) is 23.5. The van der Waals surface area contributed by atoms with Crippen LogP contribution < -0.4 is 10.1 Å². The van der Waals surface area contributed by atoms with Crippen LogP contribution in [0.1, 0.15) is 26.2 Å². The quantitative estimate of drug-likeness (QED) is 0.721. The first-order valence-electron chi connectivity index (χ1n) is 9.37. The van der Waals surface area contributed by atoms with E-state index in [1.165, 1.54) is 6.20 Å². The molecule has 1 unspecified atom stereocenters. The monoisotopic (exact) mass is 381 g/mol. The molecule has 2 N–H and O–H groups in total. The summed E-state index contributed by atoms with van der Waals surface area (Å²) in [7, 11) is 0. The summed E-state index contributed by atoms with van der Waals surface area (Å²) in [6.07, 6.45) is 5.46. The highest BCUT2D eigenvalue weighted by Gasteiger charge is 2.51. The highest BCUT2D eigenvalue weighted by molar-refractivity contribution is 5.89. The minimum atomic E-state index is -1.13. The van der Waals surface area contributed by atoms with Gasteiger partial charge in [-0.05, 0) is 43.4 Å². The fraction of sp³-hybridized carbons (Fsp3) is 0.400. The fourth-order valence-electron chi connectivity index (χ4n) is 4.30. The third-order valence-corrected chi connectivity index (χ3v) is 5.83. The maximum Gasteiger partial charge on any atom is 0.336 e. The molecule has 0 amide bonds. The molecule has 2 aromatic heterocycles. The number of halogens is 1. The lowest BCUT2D eigenvalue weighted by atomic mass is 9.88. The van der Waals surface area contributed by atoms with Crippen molar-refractivity contribution < 1.29 is 14.2 Å². The smallest absolute Gasteiger partial charge is 0.336 e. The Morgan fingerprint density at radius 3 is 2.96 bits per heavy atom. The topological polar surface area (TPSA) is 93.1 Å². The number of nitrogens with zero attached hydrogens (tertiary/aromatic N) is 4. The molecule has 2 aliphatic heterocycles. The van der Waals surface area contributed by atoms with Crippen molar-refractivity contribution in [1.29, 1.82) is 0 Å². The van der Waals surface area contributed by atoms with E-state index in [4.69, 9.17) is 4.74 Å². The van der Waals surface area contributed by atoms with Crippen LogP contribution >= 0.6 is 0 Å². The number of nitrogens with one attached hydrogen (secondary N) is 1. The van der Waals surface area contributed by atoms with Gasteiger partial charge in [0, 0.05) is 35.8 Å². The molecule has 2 fully saturated rings. The highest BCUT2D eigenvalue weighted by atomic mass is 19.1. The molecule has 3 aromatic rings. The van der Waals surface area contributed by atoms with Gasteiger partial charge in [0.25, 0.3) is 0 Å². The van der Waals surface area contributed by atoms with Gasteiger partial charge in [-0.3, -0.25) is 4.98 Å². The molecule has 2 saturated heterocycles. The number of fused-ring (bicyclic) bond motifs is 3. The van der Waals surface area contributed by atoms with Gasteiger partial charge in [0.2, 0.25) is 0 Å². The number of hydrogen-bond acceptors (Lipinski definition) is 7. The standard InChI is InChI=1S/C20H20FN5O2/c1-20-4-2-13(24-20)8-17(18(20)21)28-19-23-10-15(25-26-19)14-6-11-3-5-22-9-12(11)7-16(14)27/h3,5-7,9-10,13,17-18,24,27H,2,4,8H2,1H3/t13?,17-,18+,20+/m0/s1. The van der Waals surface area contributed by atoms with Crippen LogP contribution in [0.3, 0.4) is 0 Å². The van der Waals surface area contributed by atoms with Gasteiger partial charge in [0.1, 0.15) is 17.5 Å². The lowest BCUT2D eigenvalue weighted by molar-refractivity contribution is 0.00542. The van der Waals surface area contributed by atoms with Gasteiger partial charge in [-0.25, -0.2) is 9.37 Å². The van der Waals surface area contributed by atoms with Crippen molar-refractivity contribution >= 4 is 10.8 Å². The van der Waals surface area contributed by atoms with Crippen LogP contribution in [0.15, 0.2) is 36.8 Å². The summed E-state index contributed by atoms with van der Waals surface area (Å²) in [6, 6.07) is 5.60. The zero-order valence-electron chi connectivity index (χ0n) is 15.3.